The van der Waals surface area contributed by atoms with Crippen LogP contribution in [-0.2, 0) is 0 Å². The molecule has 0 spiro atoms. The SMILES string of the molecule is NC(=NC(=O)c1cc(F)cc(F)c1)N1CCC(C(O)CN2CCC(c3c[nH]c4ccccc34)CC2)CC1. The Bertz CT molecular complexity index is 1260. The molecule has 0 saturated carbocycles. The minimum atomic E-state index is -0.839. The molecule has 2 fully saturated rings. The van der Waals surface area contributed by atoms with Gasteiger partial charge in [0.15, 0.2) is 5.96 Å². The Morgan fingerprint density at radius 3 is 2.43 bits per heavy atom. The third-order valence-corrected chi connectivity index (χ3v) is 7.83. The summed E-state index contributed by atoms with van der Waals surface area (Å²) in [5.41, 5.74) is 8.41. The van der Waals surface area contributed by atoms with E-state index in [4.69, 9.17) is 5.73 Å². The molecule has 3 heterocycles. The summed E-state index contributed by atoms with van der Waals surface area (Å²) in [5.74, 6) is -1.76. The number of rotatable bonds is 5. The van der Waals surface area contributed by atoms with Gasteiger partial charge in [-0.2, -0.15) is 4.99 Å². The molecule has 2 aliphatic heterocycles. The standard InChI is InChI=1S/C28H33F2N5O2/c29-21-13-20(14-22(30)15-21)27(37)33-28(31)35-11-7-19(8-12-35)26(36)17-34-9-5-18(6-10-34)24-16-32-25-4-2-1-3-23(24)25/h1-4,13-16,18-19,26,32,36H,5-12,17H2,(H2,31,33,37). The number of hydrogen-bond donors (Lipinski definition) is 3. The van der Waals surface area contributed by atoms with E-state index in [1.165, 1.54) is 16.5 Å². The van der Waals surface area contributed by atoms with Gasteiger partial charge in [-0.25, -0.2) is 8.78 Å². The fourth-order valence-corrected chi connectivity index (χ4v) is 5.70. The lowest BCUT2D eigenvalue weighted by Crippen LogP contribution is -2.47. The molecular weight excluding hydrogens is 476 g/mol. The van der Waals surface area contributed by atoms with Crippen molar-refractivity contribution in [2.45, 2.75) is 37.7 Å². The van der Waals surface area contributed by atoms with Crippen LogP contribution in [0.5, 0.6) is 0 Å². The topological polar surface area (TPSA) is 97.9 Å². The highest BCUT2D eigenvalue weighted by molar-refractivity contribution is 6.02. The molecule has 5 rings (SSSR count). The van der Waals surface area contributed by atoms with Crippen LogP contribution >= 0.6 is 0 Å². The largest absolute Gasteiger partial charge is 0.392 e. The number of likely N-dealkylation sites (tertiary alicyclic amines) is 2. The number of piperidine rings is 2. The first-order valence-corrected chi connectivity index (χ1v) is 12.9. The maximum absolute atomic E-state index is 13.4. The molecular formula is C28H33F2N5O2. The van der Waals surface area contributed by atoms with Gasteiger partial charge in [0, 0.05) is 48.4 Å². The van der Waals surface area contributed by atoms with Crippen molar-refractivity contribution in [1.82, 2.24) is 14.8 Å². The van der Waals surface area contributed by atoms with Gasteiger partial charge in [0.1, 0.15) is 11.6 Å². The van der Waals surface area contributed by atoms with Crippen LogP contribution < -0.4 is 5.73 Å². The van der Waals surface area contributed by atoms with Gasteiger partial charge in [-0.05, 0) is 74.4 Å². The van der Waals surface area contributed by atoms with E-state index in [-0.39, 0.29) is 17.4 Å². The maximum Gasteiger partial charge on any atom is 0.280 e. The van der Waals surface area contributed by atoms with Crippen molar-refractivity contribution < 1.29 is 18.7 Å². The highest BCUT2D eigenvalue weighted by atomic mass is 19.1. The number of benzene rings is 2. The molecule has 196 valence electrons. The van der Waals surface area contributed by atoms with E-state index in [1.54, 1.807) is 4.90 Å². The number of halogens is 2. The number of aromatic nitrogens is 1. The second kappa shape index (κ2) is 11.0. The Hall–Kier alpha value is -3.30. The van der Waals surface area contributed by atoms with E-state index in [9.17, 15) is 18.7 Å². The molecule has 2 saturated heterocycles. The van der Waals surface area contributed by atoms with Crippen LogP contribution in [0, 0.1) is 17.6 Å². The molecule has 4 N–H and O–H groups in total. The van der Waals surface area contributed by atoms with Crippen molar-refractivity contribution in [2.75, 3.05) is 32.7 Å². The summed E-state index contributed by atoms with van der Waals surface area (Å²) < 4.78 is 26.8. The molecule has 2 aromatic carbocycles. The Labute approximate surface area is 215 Å². The molecule has 37 heavy (non-hydrogen) atoms. The molecule has 0 aliphatic carbocycles. The Kier molecular flexibility index (Phi) is 7.53. The van der Waals surface area contributed by atoms with E-state index in [2.05, 4.69) is 39.3 Å². The Morgan fingerprint density at radius 1 is 1.05 bits per heavy atom. The number of nitrogens with two attached hydrogens (primary N) is 1. The number of carbonyl (C=O) groups is 1. The number of guanidine groups is 1. The summed E-state index contributed by atoms with van der Waals surface area (Å²) in [4.78, 5) is 23.6. The first kappa shape index (κ1) is 25.4. The number of H-pyrrole nitrogens is 1. The first-order chi connectivity index (χ1) is 17.9. The maximum atomic E-state index is 13.4. The van der Waals surface area contributed by atoms with Crippen LogP contribution in [0.3, 0.4) is 0 Å². The zero-order chi connectivity index (χ0) is 25.9. The minimum absolute atomic E-state index is 0.0296. The second-order valence-corrected chi connectivity index (χ2v) is 10.2. The van der Waals surface area contributed by atoms with Gasteiger partial charge >= 0.3 is 0 Å². The zero-order valence-electron chi connectivity index (χ0n) is 20.7. The fraction of sp³-hybridized carbons (Fsp3) is 0.429. The van der Waals surface area contributed by atoms with Crippen LogP contribution in [-0.4, -0.2) is 70.6 Å². The highest BCUT2D eigenvalue weighted by Crippen LogP contribution is 2.33. The van der Waals surface area contributed by atoms with E-state index in [1.807, 2.05) is 6.07 Å². The number of aliphatic hydroxyl groups excluding tert-OH is 1. The Morgan fingerprint density at radius 2 is 1.73 bits per heavy atom. The highest BCUT2D eigenvalue weighted by Gasteiger charge is 2.30. The zero-order valence-corrected chi connectivity index (χ0v) is 20.7. The molecule has 9 heteroatoms. The summed E-state index contributed by atoms with van der Waals surface area (Å²) in [6.45, 7) is 3.69. The molecule has 1 amide bonds. The number of aromatic amines is 1. The fourth-order valence-electron chi connectivity index (χ4n) is 5.70. The van der Waals surface area contributed by atoms with E-state index >= 15 is 0 Å². The number of nitrogens with zero attached hydrogens (tertiary/aromatic N) is 3. The smallest absolute Gasteiger partial charge is 0.280 e. The van der Waals surface area contributed by atoms with Crippen molar-refractivity contribution in [2.24, 2.45) is 16.6 Å². The average Bonchev–Trinajstić information content (AvgIpc) is 3.33. The molecule has 1 unspecified atom stereocenters. The quantitative estimate of drug-likeness (QED) is 0.359. The molecule has 7 nitrogen and oxygen atoms in total. The molecule has 2 aliphatic rings. The van der Waals surface area contributed by atoms with Crippen LogP contribution in [0.2, 0.25) is 0 Å². The second-order valence-electron chi connectivity index (χ2n) is 10.2. The predicted octanol–water partition coefficient (Wildman–Crippen LogP) is 3.85. The normalized spacial score (nSPS) is 19.4. The van der Waals surface area contributed by atoms with Gasteiger partial charge in [-0.1, -0.05) is 18.2 Å². The van der Waals surface area contributed by atoms with Gasteiger partial charge in [-0.3, -0.25) is 4.79 Å². The van der Waals surface area contributed by atoms with E-state index in [0.29, 0.717) is 31.6 Å². The van der Waals surface area contributed by atoms with Crippen LogP contribution in [0.25, 0.3) is 10.9 Å². The third kappa shape index (κ3) is 5.83. The van der Waals surface area contributed by atoms with Crippen LogP contribution in [0.4, 0.5) is 8.78 Å². The van der Waals surface area contributed by atoms with Crippen LogP contribution in [0.1, 0.15) is 47.5 Å². The number of nitrogens with one attached hydrogen (secondary N) is 1. The predicted molar refractivity (Wildman–Crippen MR) is 139 cm³/mol. The lowest BCUT2D eigenvalue weighted by atomic mass is 9.87. The number of amides is 1. The van der Waals surface area contributed by atoms with Gasteiger partial charge in [0.05, 0.1) is 6.10 Å². The third-order valence-electron chi connectivity index (χ3n) is 7.83. The van der Waals surface area contributed by atoms with Crippen LogP contribution in [0.15, 0.2) is 53.7 Å². The number of fused-ring (bicyclic) bond motifs is 1. The molecule has 0 bridgehead atoms. The summed E-state index contributed by atoms with van der Waals surface area (Å²) in [6, 6.07) is 11.0. The number of aliphatic imine (C=N–C) groups is 1. The average molecular weight is 510 g/mol. The number of carbonyl (C=O) groups excluding carboxylic acids is 1. The monoisotopic (exact) mass is 509 g/mol. The van der Waals surface area contributed by atoms with Crippen molar-refractivity contribution in [3.63, 3.8) is 0 Å². The lowest BCUT2D eigenvalue weighted by Gasteiger charge is -2.38. The number of para-hydroxylation sites is 1. The van der Waals surface area contributed by atoms with E-state index in [0.717, 1.165) is 50.9 Å². The molecule has 1 atom stereocenters. The first-order valence-electron chi connectivity index (χ1n) is 12.9. The molecule has 3 aromatic rings. The van der Waals surface area contributed by atoms with Gasteiger partial charge in [0.2, 0.25) is 0 Å². The van der Waals surface area contributed by atoms with E-state index < -0.39 is 23.6 Å². The van der Waals surface area contributed by atoms with Crippen molar-refractivity contribution >= 4 is 22.8 Å². The summed E-state index contributed by atoms with van der Waals surface area (Å²) >= 11 is 0. The summed E-state index contributed by atoms with van der Waals surface area (Å²) in [6.07, 6.45) is 5.32. The number of β-amino-alcohol motifs (C(OH)–C–C–N with tert-alkyl or cyclic N) is 1. The van der Waals surface area contributed by atoms with Crippen molar-refractivity contribution in [3.8, 4) is 0 Å². The molecule has 0 radical (unpaired) electrons. The summed E-state index contributed by atoms with van der Waals surface area (Å²) in [5, 5.41) is 12.2. The van der Waals surface area contributed by atoms with Crippen molar-refractivity contribution in [3.05, 3.63) is 71.4 Å². The molecule has 1 aromatic heterocycles. The Balaban J connectivity index is 1.09. The van der Waals surface area contributed by atoms with Gasteiger partial charge in [0.25, 0.3) is 5.91 Å². The van der Waals surface area contributed by atoms with Crippen molar-refractivity contribution in [1.29, 1.82) is 0 Å². The van der Waals surface area contributed by atoms with Gasteiger partial charge < -0.3 is 25.6 Å². The lowest BCUT2D eigenvalue weighted by molar-refractivity contribution is 0.0339. The number of aliphatic hydroxyl groups is 1. The summed E-state index contributed by atoms with van der Waals surface area (Å²) in [7, 11) is 0. The van der Waals surface area contributed by atoms with Gasteiger partial charge in [-0.15, -0.1) is 0 Å². The minimum Gasteiger partial charge on any atom is -0.392 e. The number of hydrogen-bond acceptors (Lipinski definition) is 3.